The fourth-order valence-corrected chi connectivity index (χ4v) is 3.51. The van der Waals surface area contributed by atoms with Crippen LogP contribution in [0.25, 0.3) is 11.1 Å². The Labute approximate surface area is 159 Å². The van der Waals surface area contributed by atoms with Crippen LogP contribution in [0.2, 0.25) is 0 Å². The average molecular weight is 374 g/mol. The SMILES string of the molecule is N#Cc1ccc(-c2ccc3c(c2)OC[C@H]2[C@H](Cn4ccnn4)OC(=O)N32)cn1. The smallest absolute Gasteiger partial charge is 0.415 e. The Kier molecular flexibility index (Phi) is 3.69. The minimum absolute atomic E-state index is 0.230. The number of carbonyl (C=O) groups excluding carboxylic acids is 1. The molecule has 9 heteroatoms. The minimum atomic E-state index is -0.396. The number of carbonyl (C=O) groups is 1. The summed E-state index contributed by atoms with van der Waals surface area (Å²) in [7, 11) is 0. The van der Waals surface area contributed by atoms with Gasteiger partial charge in [-0.15, -0.1) is 5.10 Å². The van der Waals surface area contributed by atoms with Crippen molar-refractivity contribution in [3.63, 3.8) is 0 Å². The van der Waals surface area contributed by atoms with Crippen LogP contribution in [0.3, 0.4) is 0 Å². The molecular formula is C19H14N6O3. The molecule has 28 heavy (non-hydrogen) atoms. The summed E-state index contributed by atoms with van der Waals surface area (Å²) >= 11 is 0. The van der Waals surface area contributed by atoms with Gasteiger partial charge in [-0.2, -0.15) is 5.26 Å². The van der Waals surface area contributed by atoms with Crippen molar-refractivity contribution in [2.75, 3.05) is 11.5 Å². The van der Waals surface area contributed by atoms with Gasteiger partial charge < -0.3 is 9.47 Å². The molecule has 2 aliphatic heterocycles. The number of hydrogen-bond acceptors (Lipinski definition) is 7. The van der Waals surface area contributed by atoms with E-state index < -0.39 is 6.09 Å². The lowest BCUT2D eigenvalue weighted by Gasteiger charge is -2.31. The van der Waals surface area contributed by atoms with Crippen LogP contribution in [0, 0.1) is 11.3 Å². The van der Waals surface area contributed by atoms with E-state index in [1.165, 1.54) is 0 Å². The van der Waals surface area contributed by atoms with E-state index in [1.54, 1.807) is 34.2 Å². The monoisotopic (exact) mass is 374 g/mol. The molecule has 3 aromatic rings. The van der Waals surface area contributed by atoms with Crippen molar-refractivity contribution < 1.29 is 14.3 Å². The molecule has 1 saturated heterocycles. The number of nitriles is 1. The first-order chi connectivity index (χ1) is 13.7. The van der Waals surface area contributed by atoms with E-state index in [9.17, 15) is 4.79 Å². The summed E-state index contributed by atoms with van der Waals surface area (Å²) in [5.41, 5.74) is 2.79. The Morgan fingerprint density at radius 2 is 2.14 bits per heavy atom. The predicted octanol–water partition coefficient (Wildman–Crippen LogP) is 2.00. The quantitative estimate of drug-likeness (QED) is 0.690. The maximum Gasteiger partial charge on any atom is 0.415 e. The third-order valence-corrected chi connectivity index (χ3v) is 4.89. The van der Waals surface area contributed by atoms with E-state index in [0.29, 0.717) is 30.3 Å². The second-order valence-corrected chi connectivity index (χ2v) is 6.52. The van der Waals surface area contributed by atoms with Gasteiger partial charge in [-0.1, -0.05) is 11.3 Å². The van der Waals surface area contributed by atoms with Crippen LogP contribution in [-0.4, -0.2) is 44.8 Å². The second kappa shape index (κ2) is 6.35. The second-order valence-electron chi connectivity index (χ2n) is 6.52. The largest absolute Gasteiger partial charge is 0.489 e. The molecule has 1 amide bonds. The van der Waals surface area contributed by atoms with Gasteiger partial charge in [-0.3, -0.25) is 4.90 Å². The molecule has 1 fully saturated rings. The number of anilines is 1. The van der Waals surface area contributed by atoms with Crippen LogP contribution in [0.1, 0.15) is 5.69 Å². The van der Waals surface area contributed by atoms with Gasteiger partial charge in [0, 0.05) is 18.0 Å². The van der Waals surface area contributed by atoms with Crippen molar-refractivity contribution >= 4 is 11.8 Å². The van der Waals surface area contributed by atoms with Crippen molar-refractivity contribution in [1.82, 2.24) is 20.0 Å². The zero-order valence-electron chi connectivity index (χ0n) is 14.6. The number of nitrogens with zero attached hydrogens (tertiary/aromatic N) is 6. The number of rotatable bonds is 3. The average Bonchev–Trinajstić information content (AvgIpc) is 3.36. The van der Waals surface area contributed by atoms with Gasteiger partial charge in [0.25, 0.3) is 0 Å². The summed E-state index contributed by atoms with van der Waals surface area (Å²) in [5, 5.41) is 16.6. The molecule has 5 rings (SSSR count). The number of amides is 1. The lowest BCUT2D eigenvalue weighted by Crippen LogP contribution is -2.45. The van der Waals surface area contributed by atoms with E-state index in [0.717, 1.165) is 11.1 Å². The van der Waals surface area contributed by atoms with Crippen molar-refractivity contribution in [3.8, 4) is 22.9 Å². The predicted molar refractivity (Wildman–Crippen MR) is 96.4 cm³/mol. The van der Waals surface area contributed by atoms with Crippen LogP contribution >= 0.6 is 0 Å². The Morgan fingerprint density at radius 1 is 1.25 bits per heavy atom. The summed E-state index contributed by atoms with van der Waals surface area (Å²) in [6.45, 7) is 0.744. The third kappa shape index (κ3) is 2.63. The normalized spacial score (nSPS) is 20.0. The number of cyclic esters (lactones) is 1. The Bertz CT molecular complexity index is 1070. The van der Waals surface area contributed by atoms with Crippen molar-refractivity contribution in [3.05, 3.63) is 54.6 Å². The molecule has 1 aromatic carbocycles. The third-order valence-electron chi connectivity index (χ3n) is 4.89. The molecule has 0 aliphatic carbocycles. The first-order valence-electron chi connectivity index (χ1n) is 8.70. The Hall–Kier alpha value is -3.93. The van der Waals surface area contributed by atoms with Crippen molar-refractivity contribution in [1.29, 1.82) is 5.26 Å². The molecule has 0 bridgehead atoms. The first-order valence-corrected chi connectivity index (χ1v) is 8.70. The van der Waals surface area contributed by atoms with Crippen LogP contribution in [0.5, 0.6) is 5.75 Å². The van der Waals surface area contributed by atoms with Gasteiger partial charge >= 0.3 is 6.09 Å². The molecule has 0 saturated carbocycles. The zero-order valence-corrected chi connectivity index (χ0v) is 14.6. The summed E-state index contributed by atoms with van der Waals surface area (Å²) in [6.07, 6.45) is 4.19. The highest BCUT2D eigenvalue weighted by molar-refractivity contribution is 5.94. The van der Waals surface area contributed by atoms with Gasteiger partial charge in [0.15, 0.2) is 0 Å². The molecule has 4 heterocycles. The van der Waals surface area contributed by atoms with Crippen LogP contribution in [0.15, 0.2) is 48.9 Å². The number of fused-ring (bicyclic) bond motifs is 3. The van der Waals surface area contributed by atoms with Gasteiger partial charge in [-0.05, 0) is 29.8 Å². The lowest BCUT2D eigenvalue weighted by atomic mass is 10.0. The Balaban J connectivity index is 1.43. The topological polar surface area (TPSA) is 106 Å². The van der Waals surface area contributed by atoms with E-state index in [-0.39, 0.29) is 12.1 Å². The van der Waals surface area contributed by atoms with Gasteiger partial charge in [0.05, 0.1) is 18.4 Å². The maximum atomic E-state index is 12.5. The molecule has 2 aromatic heterocycles. The zero-order chi connectivity index (χ0) is 19.1. The van der Waals surface area contributed by atoms with E-state index in [1.807, 2.05) is 30.3 Å². The van der Waals surface area contributed by atoms with E-state index in [2.05, 4.69) is 15.3 Å². The molecular weight excluding hydrogens is 360 g/mol. The maximum absolute atomic E-state index is 12.5. The number of aromatic nitrogens is 4. The highest BCUT2D eigenvalue weighted by Crippen LogP contribution is 2.41. The van der Waals surface area contributed by atoms with Crippen molar-refractivity contribution in [2.24, 2.45) is 0 Å². The fraction of sp³-hybridized carbons (Fsp3) is 0.211. The summed E-state index contributed by atoms with van der Waals surface area (Å²) in [6, 6.07) is 10.9. The number of pyridine rings is 1. The fourth-order valence-electron chi connectivity index (χ4n) is 3.51. The summed E-state index contributed by atoms with van der Waals surface area (Å²) in [4.78, 5) is 18.2. The standard InChI is InChI=1S/C19H14N6O3/c20-8-14-3-1-13(9-21-14)12-2-4-15-17(7-12)27-11-16-18(28-19(26)25(15)16)10-24-6-5-22-23-24/h1-7,9,16,18H,10-11H2/t16-,18-/m0/s1. The summed E-state index contributed by atoms with van der Waals surface area (Å²) < 4.78 is 13.1. The number of ether oxygens (including phenoxy) is 2. The number of hydrogen-bond donors (Lipinski definition) is 0. The first kappa shape index (κ1) is 16.3. The molecule has 0 N–H and O–H groups in total. The highest BCUT2D eigenvalue weighted by atomic mass is 16.6. The highest BCUT2D eigenvalue weighted by Gasteiger charge is 2.46. The van der Waals surface area contributed by atoms with Gasteiger partial charge in [0.2, 0.25) is 0 Å². The van der Waals surface area contributed by atoms with Crippen molar-refractivity contribution in [2.45, 2.75) is 18.7 Å². The molecule has 9 nitrogen and oxygen atoms in total. The minimum Gasteiger partial charge on any atom is -0.489 e. The molecule has 138 valence electrons. The van der Waals surface area contributed by atoms with E-state index in [4.69, 9.17) is 14.7 Å². The Morgan fingerprint density at radius 3 is 2.89 bits per heavy atom. The molecule has 0 spiro atoms. The van der Waals surface area contributed by atoms with Crippen LogP contribution < -0.4 is 9.64 Å². The van der Waals surface area contributed by atoms with Crippen LogP contribution in [-0.2, 0) is 11.3 Å². The molecule has 0 unspecified atom stereocenters. The van der Waals surface area contributed by atoms with Gasteiger partial charge in [0.1, 0.15) is 36.3 Å². The number of benzene rings is 1. The molecule has 2 aliphatic rings. The van der Waals surface area contributed by atoms with Crippen LogP contribution in [0.4, 0.5) is 10.5 Å². The molecule has 2 atom stereocenters. The summed E-state index contributed by atoms with van der Waals surface area (Å²) in [5.74, 6) is 0.608. The molecule has 0 radical (unpaired) electrons. The van der Waals surface area contributed by atoms with Gasteiger partial charge in [-0.25, -0.2) is 14.5 Å². The lowest BCUT2D eigenvalue weighted by molar-refractivity contribution is 0.106. The van der Waals surface area contributed by atoms with E-state index >= 15 is 0 Å².